The Balaban J connectivity index is 2.04. The number of anilines is 1. The van der Waals surface area contributed by atoms with Crippen LogP contribution in [0.15, 0.2) is 24.3 Å². The molecule has 104 valence electrons. The summed E-state index contributed by atoms with van der Waals surface area (Å²) in [7, 11) is 0. The minimum absolute atomic E-state index is 0.0996. The van der Waals surface area contributed by atoms with Gasteiger partial charge in [0.15, 0.2) is 0 Å². The van der Waals surface area contributed by atoms with Crippen LogP contribution in [-0.4, -0.2) is 18.5 Å². The van der Waals surface area contributed by atoms with E-state index in [4.69, 9.17) is 0 Å². The molecule has 1 fully saturated rings. The highest BCUT2D eigenvalue weighted by atomic mass is 19.4. The van der Waals surface area contributed by atoms with Crippen LogP contribution >= 0.6 is 0 Å². The minimum atomic E-state index is -4.34. The average Bonchev–Trinajstić information content (AvgIpc) is 2.55. The van der Waals surface area contributed by atoms with Gasteiger partial charge in [0.05, 0.1) is 5.56 Å². The van der Waals surface area contributed by atoms with Crippen LogP contribution in [0.4, 0.5) is 18.9 Å². The van der Waals surface area contributed by atoms with E-state index in [-0.39, 0.29) is 11.9 Å². The number of halogens is 3. The molecule has 0 aliphatic carbocycles. The molecular weight excluding hydrogens is 257 g/mol. The highest BCUT2D eigenvalue weighted by molar-refractivity contribution is 5.84. The van der Waals surface area contributed by atoms with E-state index >= 15 is 0 Å². The largest absolute Gasteiger partial charge is 0.416 e. The van der Waals surface area contributed by atoms with Crippen molar-refractivity contribution >= 4 is 11.6 Å². The number of alkyl halides is 3. The van der Waals surface area contributed by atoms with Crippen LogP contribution in [0.5, 0.6) is 0 Å². The van der Waals surface area contributed by atoms with E-state index in [0.717, 1.165) is 25.0 Å². The van der Waals surface area contributed by atoms with Gasteiger partial charge in [0, 0.05) is 12.2 Å². The summed E-state index contributed by atoms with van der Waals surface area (Å²) >= 11 is 0. The summed E-state index contributed by atoms with van der Waals surface area (Å²) in [5.74, 6) is -0.0996. The van der Waals surface area contributed by atoms with Gasteiger partial charge in [-0.1, -0.05) is 0 Å². The molecule has 0 bridgehead atoms. The van der Waals surface area contributed by atoms with Crippen LogP contribution in [0.2, 0.25) is 0 Å². The third-order valence-electron chi connectivity index (χ3n) is 3.09. The molecule has 19 heavy (non-hydrogen) atoms. The maximum atomic E-state index is 12.4. The third-order valence-corrected chi connectivity index (χ3v) is 3.09. The fraction of sp³-hybridized carbons (Fsp3) is 0.462. The van der Waals surface area contributed by atoms with Gasteiger partial charge in [0.1, 0.15) is 6.04 Å². The number of hydrogen-bond acceptors (Lipinski definition) is 2. The zero-order valence-electron chi connectivity index (χ0n) is 10.3. The van der Waals surface area contributed by atoms with Crippen molar-refractivity contribution in [2.75, 3.05) is 11.9 Å². The average molecular weight is 272 g/mol. The van der Waals surface area contributed by atoms with Crippen molar-refractivity contribution in [1.29, 1.82) is 0 Å². The molecule has 1 aliphatic rings. The number of nitrogens with one attached hydrogen (secondary N) is 2. The lowest BCUT2D eigenvalue weighted by Gasteiger charge is -2.17. The van der Waals surface area contributed by atoms with Gasteiger partial charge in [0.25, 0.3) is 0 Å². The van der Waals surface area contributed by atoms with Crippen LogP contribution < -0.4 is 10.6 Å². The van der Waals surface area contributed by atoms with E-state index < -0.39 is 11.7 Å². The van der Waals surface area contributed by atoms with Crippen molar-refractivity contribution in [3.63, 3.8) is 0 Å². The van der Waals surface area contributed by atoms with Crippen LogP contribution in [0.1, 0.15) is 24.8 Å². The Bertz CT molecular complexity index is 442. The lowest BCUT2D eigenvalue weighted by molar-refractivity contribution is -0.137. The summed E-state index contributed by atoms with van der Waals surface area (Å²) in [4.78, 5) is 11.7. The number of amides is 1. The first-order valence-electron chi connectivity index (χ1n) is 6.18. The molecule has 0 aromatic heterocycles. The summed E-state index contributed by atoms with van der Waals surface area (Å²) in [5, 5.41) is 5.74. The van der Waals surface area contributed by atoms with Gasteiger partial charge in [-0.2, -0.15) is 13.2 Å². The first-order valence-corrected chi connectivity index (χ1v) is 6.18. The van der Waals surface area contributed by atoms with Gasteiger partial charge in [-0.25, -0.2) is 0 Å². The molecule has 1 aromatic carbocycles. The SMILES string of the molecule is O=C1NCCCCC1Nc1ccc(C(F)(F)F)cc1. The number of rotatable bonds is 2. The molecule has 2 N–H and O–H groups in total. The van der Waals surface area contributed by atoms with E-state index in [2.05, 4.69) is 10.6 Å². The topological polar surface area (TPSA) is 41.1 Å². The van der Waals surface area contributed by atoms with Gasteiger partial charge in [-0.05, 0) is 43.5 Å². The second-order valence-corrected chi connectivity index (χ2v) is 4.56. The van der Waals surface area contributed by atoms with E-state index in [1.165, 1.54) is 12.1 Å². The number of hydrogen-bond donors (Lipinski definition) is 2. The van der Waals surface area contributed by atoms with Crippen molar-refractivity contribution in [1.82, 2.24) is 5.32 Å². The third kappa shape index (κ3) is 3.62. The lowest BCUT2D eigenvalue weighted by atomic mass is 10.1. The first kappa shape index (κ1) is 13.7. The zero-order chi connectivity index (χ0) is 13.9. The van der Waals surface area contributed by atoms with Crippen molar-refractivity contribution < 1.29 is 18.0 Å². The molecule has 1 saturated heterocycles. The Morgan fingerprint density at radius 2 is 1.84 bits per heavy atom. The van der Waals surface area contributed by atoms with Crippen molar-refractivity contribution in [2.45, 2.75) is 31.5 Å². The summed E-state index contributed by atoms with van der Waals surface area (Å²) < 4.78 is 37.2. The van der Waals surface area contributed by atoms with Gasteiger partial charge in [0.2, 0.25) is 5.91 Å². The number of carbonyl (C=O) groups excluding carboxylic acids is 1. The van der Waals surface area contributed by atoms with Crippen molar-refractivity contribution in [2.24, 2.45) is 0 Å². The molecule has 1 amide bonds. The van der Waals surface area contributed by atoms with E-state index in [0.29, 0.717) is 18.7 Å². The highest BCUT2D eigenvalue weighted by Gasteiger charge is 2.30. The molecule has 0 radical (unpaired) electrons. The number of benzene rings is 1. The molecular formula is C13H15F3N2O. The predicted molar refractivity (Wildman–Crippen MR) is 65.7 cm³/mol. The number of carbonyl (C=O) groups is 1. The van der Waals surface area contributed by atoms with Gasteiger partial charge < -0.3 is 10.6 Å². The van der Waals surface area contributed by atoms with Gasteiger partial charge in [-0.15, -0.1) is 0 Å². The standard InChI is InChI=1S/C13H15F3N2O/c14-13(15,16)9-4-6-10(7-5-9)18-11-3-1-2-8-17-12(11)19/h4-7,11,18H,1-3,8H2,(H,17,19). The molecule has 0 spiro atoms. The first-order chi connectivity index (χ1) is 8.97. The Morgan fingerprint density at radius 3 is 2.47 bits per heavy atom. The van der Waals surface area contributed by atoms with E-state index in [1.54, 1.807) is 0 Å². The zero-order valence-corrected chi connectivity index (χ0v) is 10.3. The summed E-state index contributed by atoms with van der Waals surface area (Å²) in [6.45, 7) is 0.657. The van der Waals surface area contributed by atoms with Crippen LogP contribution in [-0.2, 0) is 11.0 Å². The maximum absolute atomic E-state index is 12.4. The quantitative estimate of drug-likeness (QED) is 0.869. The molecule has 1 aromatic rings. The molecule has 6 heteroatoms. The van der Waals surface area contributed by atoms with Crippen molar-refractivity contribution in [3.05, 3.63) is 29.8 Å². The summed E-state index contributed by atoms with van der Waals surface area (Å²) in [6, 6.07) is 4.34. The lowest BCUT2D eigenvalue weighted by Crippen LogP contribution is -2.37. The molecule has 3 nitrogen and oxygen atoms in total. The summed E-state index contributed by atoms with van der Waals surface area (Å²) in [6.07, 6.45) is -1.81. The Kier molecular flexibility index (Phi) is 3.97. The van der Waals surface area contributed by atoms with E-state index in [9.17, 15) is 18.0 Å². The van der Waals surface area contributed by atoms with Gasteiger partial charge >= 0.3 is 6.18 Å². The highest BCUT2D eigenvalue weighted by Crippen LogP contribution is 2.30. The van der Waals surface area contributed by atoms with E-state index in [1.807, 2.05) is 0 Å². The summed E-state index contributed by atoms with van der Waals surface area (Å²) in [5.41, 5.74) is -0.168. The molecule has 0 saturated carbocycles. The normalized spacial score (nSPS) is 20.6. The van der Waals surface area contributed by atoms with Crippen LogP contribution in [0.25, 0.3) is 0 Å². The fourth-order valence-corrected chi connectivity index (χ4v) is 2.03. The van der Waals surface area contributed by atoms with Gasteiger partial charge in [-0.3, -0.25) is 4.79 Å². The monoisotopic (exact) mass is 272 g/mol. The van der Waals surface area contributed by atoms with Crippen LogP contribution in [0, 0.1) is 0 Å². The molecule has 1 heterocycles. The predicted octanol–water partition coefficient (Wildman–Crippen LogP) is 2.79. The molecule has 1 unspecified atom stereocenters. The fourth-order valence-electron chi connectivity index (χ4n) is 2.03. The second-order valence-electron chi connectivity index (χ2n) is 4.56. The minimum Gasteiger partial charge on any atom is -0.374 e. The molecule has 1 atom stereocenters. The molecule has 1 aliphatic heterocycles. The van der Waals surface area contributed by atoms with Crippen LogP contribution in [0.3, 0.4) is 0 Å². The Morgan fingerprint density at radius 1 is 1.16 bits per heavy atom. The maximum Gasteiger partial charge on any atom is 0.416 e. The second kappa shape index (κ2) is 5.50. The Labute approximate surface area is 109 Å². The molecule has 2 rings (SSSR count). The smallest absolute Gasteiger partial charge is 0.374 e. The Hall–Kier alpha value is -1.72. The van der Waals surface area contributed by atoms with Crippen molar-refractivity contribution in [3.8, 4) is 0 Å².